The molecule has 6 heteroatoms. The molecule has 0 fully saturated rings. The molecule has 0 aliphatic heterocycles. The second-order valence-electron chi connectivity index (χ2n) is 18.3. The van der Waals surface area contributed by atoms with E-state index in [2.05, 4.69) is 18.1 Å². The van der Waals surface area contributed by atoms with Gasteiger partial charge in [-0.25, -0.2) is 22.0 Å². The SMILES string of the molecule is C=Cc1ccc(C2(c3c(F)cccc3F)c3ccccc3-c3ccc(N(c4ccc(-c5ccc(F)cc5)cc4)c4ccc5c(c4)C(c4ccc(C=C)cc4)(c4c(F)cccc4F)c4ccccc4-5)cc32)cc1. The third-order valence-corrected chi connectivity index (χ3v) is 14.7. The van der Waals surface area contributed by atoms with Gasteiger partial charge in [-0.05, 0) is 151 Å². The molecule has 1 nitrogen and oxygen atoms in total. The lowest BCUT2D eigenvalue weighted by Crippen LogP contribution is -2.31. The number of hydrogen-bond acceptors (Lipinski definition) is 1. The highest BCUT2D eigenvalue weighted by Gasteiger charge is 2.51. The third kappa shape index (κ3) is 6.59. The summed E-state index contributed by atoms with van der Waals surface area (Å²) in [6.45, 7) is 7.92. The fraction of sp³-hybridized carbons (Fsp3) is 0.0303. The Balaban J connectivity index is 1.15. The van der Waals surface area contributed by atoms with Crippen molar-refractivity contribution in [3.63, 3.8) is 0 Å². The summed E-state index contributed by atoms with van der Waals surface area (Å²) in [6, 6.07) is 64.9. The number of rotatable bonds is 10. The normalized spacial score (nSPS) is 16.1. The molecule has 2 aliphatic carbocycles. The first-order valence-corrected chi connectivity index (χ1v) is 23.7. The molecule has 72 heavy (non-hydrogen) atoms. The minimum atomic E-state index is -1.47. The van der Waals surface area contributed by atoms with E-state index in [1.165, 1.54) is 48.5 Å². The average Bonchev–Trinajstić information content (AvgIpc) is 3.86. The van der Waals surface area contributed by atoms with Gasteiger partial charge in [0.25, 0.3) is 0 Å². The molecule has 0 spiro atoms. The first-order valence-electron chi connectivity index (χ1n) is 23.7. The van der Waals surface area contributed by atoms with E-state index >= 15 is 17.6 Å². The zero-order valence-electron chi connectivity index (χ0n) is 38.7. The van der Waals surface area contributed by atoms with Gasteiger partial charge in [0.05, 0.1) is 10.8 Å². The predicted molar refractivity (Wildman–Crippen MR) is 281 cm³/mol. The molecule has 0 amide bonds. The van der Waals surface area contributed by atoms with E-state index in [1.807, 2.05) is 158 Å². The smallest absolute Gasteiger partial charge is 0.130 e. The number of halogens is 5. The predicted octanol–water partition coefficient (Wildman–Crippen LogP) is 17.5. The summed E-state index contributed by atoms with van der Waals surface area (Å²) in [5, 5.41) is 0. The van der Waals surface area contributed by atoms with Crippen LogP contribution in [0.1, 0.15) is 55.6 Å². The van der Waals surface area contributed by atoms with Crippen LogP contribution in [-0.4, -0.2) is 0 Å². The van der Waals surface area contributed by atoms with Gasteiger partial charge in [0.15, 0.2) is 0 Å². The zero-order chi connectivity index (χ0) is 49.3. The maximum Gasteiger partial charge on any atom is 0.130 e. The molecule has 10 aromatic rings. The Morgan fingerprint density at radius 2 is 0.694 bits per heavy atom. The van der Waals surface area contributed by atoms with E-state index in [9.17, 15) is 4.39 Å². The molecular weight excluding hydrogens is 902 g/mol. The maximum atomic E-state index is 16.9. The summed E-state index contributed by atoms with van der Waals surface area (Å²) in [5.74, 6) is -3.12. The second-order valence-corrected chi connectivity index (χ2v) is 18.3. The van der Waals surface area contributed by atoms with Crippen molar-refractivity contribution < 1.29 is 22.0 Å². The topological polar surface area (TPSA) is 3.24 Å². The first kappa shape index (κ1) is 44.3. The lowest BCUT2D eigenvalue weighted by atomic mass is 9.67. The van der Waals surface area contributed by atoms with Crippen molar-refractivity contribution in [3.05, 3.63) is 316 Å². The highest BCUT2D eigenvalue weighted by atomic mass is 19.1. The van der Waals surface area contributed by atoms with Gasteiger partial charge in [0.1, 0.15) is 29.1 Å². The van der Waals surface area contributed by atoms with Crippen LogP contribution in [0.25, 0.3) is 45.5 Å². The molecule has 346 valence electrons. The van der Waals surface area contributed by atoms with Gasteiger partial charge in [-0.1, -0.05) is 171 Å². The van der Waals surface area contributed by atoms with E-state index in [-0.39, 0.29) is 16.9 Å². The largest absolute Gasteiger partial charge is 0.310 e. The van der Waals surface area contributed by atoms with Crippen LogP contribution in [-0.2, 0) is 10.8 Å². The van der Waals surface area contributed by atoms with Crippen molar-refractivity contribution in [2.45, 2.75) is 10.8 Å². The van der Waals surface area contributed by atoms with E-state index in [4.69, 9.17) is 0 Å². The van der Waals surface area contributed by atoms with Gasteiger partial charge in [0.2, 0.25) is 0 Å². The van der Waals surface area contributed by atoms with Gasteiger partial charge >= 0.3 is 0 Å². The molecule has 0 N–H and O–H groups in total. The highest BCUT2D eigenvalue weighted by molar-refractivity contribution is 5.92. The maximum absolute atomic E-state index is 16.9. The molecule has 0 heterocycles. The number of nitrogens with zero attached hydrogens (tertiary/aromatic N) is 1. The Labute approximate surface area is 414 Å². The van der Waals surface area contributed by atoms with Crippen molar-refractivity contribution in [2.24, 2.45) is 0 Å². The van der Waals surface area contributed by atoms with Crippen LogP contribution < -0.4 is 4.90 Å². The van der Waals surface area contributed by atoms with Crippen molar-refractivity contribution >= 4 is 29.2 Å². The molecule has 10 aromatic carbocycles. The number of benzene rings is 10. The Hall–Kier alpha value is -8.87. The van der Waals surface area contributed by atoms with Gasteiger partial charge in [-0.3, -0.25) is 0 Å². The quantitative estimate of drug-likeness (QED) is 0.124. The minimum Gasteiger partial charge on any atom is -0.310 e. The summed E-state index contributed by atoms with van der Waals surface area (Å²) in [7, 11) is 0. The third-order valence-electron chi connectivity index (χ3n) is 14.7. The van der Waals surface area contributed by atoms with Crippen LogP contribution in [0.15, 0.2) is 232 Å². The zero-order valence-corrected chi connectivity index (χ0v) is 38.7. The van der Waals surface area contributed by atoms with Crippen molar-refractivity contribution in [1.82, 2.24) is 0 Å². The Morgan fingerprint density at radius 3 is 1.10 bits per heavy atom. The molecule has 0 bridgehead atoms. The Kier molecular flexibility index (Phi) is 10.6. The number of anilines is 3. The van der Waals surface area contributed by atoms with Crippen LogP contribution in [0, 0.1) is 29.1 Å². The fourth-order valence-electron chi connectivity index (χ4n) is 11.6. The summed E-state index contributed by atoms with van der Waals surface area (Å²) in [5.41, 5.74) is 9.55. The molecule has 2 atom stereocenters. The molecule has 0 saturated carbocycles. The van der Waals surface area contributed by atoms with E-state index in [0.29, 0.717) is 39.3 Å². The van der Waals surface area contributed by atoms with Gasteiger partial charge in [-0.2, -0.15) is 0 Å². The highest BCUT2D eigenvalue weighted by Crippen LogP contribution is 2.60. The van der Waals surface area contributed by atoms with Gasteiger partial charge < -0.3 is 4.90 Å². The standard InChI is InChI=1S/C66H42F5N/c1-3-41-19-27-45(28-20-41)65(63-59(68)15-9-16-60(63)69)55-13-7-5-11-51(55)53-37-35-49(39-57(53)65)72(48-33-25-44(26-34-48)43-23-31-47(67)32-24-43)50-36-38-54-52-12-6-8-14-56(52)66(58(54)40-50,46-29-21-42(4-2)22-30-46)64-61(70)17-10-18-62(64)71/h3-40H,1-2H2. The molecule has 0 radical (unpaired) electrons. The van der Waals surface area contributed by atoms with Crippen molar-refractivity contribution in [1.29, 1.82) is 0 Å². The Bertz CT molecular complexity index is 3540. The second kappa shape index (κ2) is 17.2. The first-order chi connectivity index (χ1) is 35.2. The average molecular weight is 944 g/mol. The lowest BCUT2D eigenvalue weighted by Gasteiger charge is -2.36. The molecular formula is C66H42F5N. The summed E-state index contributed by atoms with van der Waals surface area (Å²) >= 11 is 0. The molecule has 0 saturated heterocycles. The summed E-state index contributed by atoms with van der Waals surface area (Å²) in [6.07, 6.45) is 3.46. The Morgan fingerprint density at radius 1 is 0.333 bits per heavy atom. The van der Waals surface area contributed by atoms with Crippen LogP contribution in [0.3, 0.4) is 0 Å². The van der Waals surface area contributed by atoms with Crippen molar-refractivity contribution in [2.75, 3.05) is 4.90 Å². The minimum absolute atomic E-state index is 0.107. The molecule has 2 aliphatic rings. The van der Waals surface area contributed by atoms with Crippen LogP contribution >= 0.6 is 0 Å². The van der Waals surface area contributed by atoms with Crippen LogP contribution in [0.5, 0.6) is 0 Å². The lowest BCUT2D eigenvalue weighted by molar-refractivity contribution is 0.526. The monoisotopic (exact) mass is 943 g/mol. The molecule has 12 rings (SSSR count). The molecule has 2 unspecified atom stereocenters. The van der Waals surface area contributed by atoms with Gasteiger partial charge in [-0.15, -0.1) is 0 Å². The summed E-state index contributed by atoms with van der Waals surface area (Å²) < 4.78 is 81.7. The molecule has 0 aromatic heterocycles. The van der Waals surface area contributed by atoms with E-state index < -0.39 is 34.1 Å². The van der Waals surface area contributed by atoms with Crippen LogP contribution in [0.2, 0.25) is 0 Å². The van der Waals surface area contributed by atoms with E-state index in [1.54, 1.807) is 24.3 Å². The van der Waals surface area contributed by atoms with Gasteiger partial charge in [0, 0.05) is 28.2 Å². The summed E-state index contributed by atoms with van der Waals surface area (Å²) in [4.78, 5) is 2.06. The number of fused-ring (bicyclic) bond motifs is 6. The van der Waals surface area contributed by atoms with Crippen molar-refractivity contribution in [3.8, 4) is 33.4 Å². The van der Waals surface area contributed by atoms with Crippen LogP contribution in [0.4, 0.5) is 39.0 Å². The fourth-order valence-corrected chi connectivity index (χ4v) is 11.6. The number of hydrogen-bond donors (Lipinski definition) is 0. The van der Waals surface area contributed by atoms with E-state index in [0.717, 1.165) is 55.6 Å².